The van der Waals surface area contributed by atoms with Crippen molar-refractivity contribution in [2.75, 3.05) is 11.9 Å². The van der Waals surface area contributed by atoms with Gasteiger partial charge in [0.1, 0.15) is 16.6 Å². The molecule has 0 fully saturated rings. The normalized spacial score (nSPS) is 11.0. The summed E-state index contributed by atoms with van der Waals surface area (Å²) in [7, 11) is 0. The Hall–Kier alpha value is -3.43. The summed E-state index contributed by atoms with van der Waals surface area (Å²) in [6.07, 6.45) is 5.78. The Kier molecular flexibility index (Phi) is 8.39. The molecule has 0 saturated carbocycles. The van der Waals surface area contributed by atoms with Gasteiger partial charge in [0.2, 0.25) is 0 Å². The van der Waals surface area contributed by atoms with Crippen molar-refractivity contribution in [3.05, 3.63) is 76.7 Å². The zero-order valence-corrected chi connectivity index (χ0v) is 18.3. The molecule has 0 aliphatic carbocycles. The number of nitriles is 1. The highest BCUT2D eigenvalue weighted by molar-refractivity contribution is 7.11. The first-order valence-corrected chi connectivity index (χ1v) is 11.2. The molecule has 0 radical (unpaired) electrons. The van der Waals surface area contributed by atoms with Gasteiger partial charge in [0.25, 0.3) is 0 Å². The molecular formula is C25H25N3O2S. The zero-order chi connectivity index (χ0) is 21.9. The summed E-state index contributed by atoms with van der Waals surface area (Å²) in [5.74, 6) is -0.368. The number of ether oxygens (including phenoxy) is 1. The Balaban J connectivity index is 1.70. The van der Waals surface area contributed by atoms with Crippen molar-refractivity contribution in [2.45, 2.75) is 32.6 Å². The number of hydrogen-bond donors (Lipinski definition) is 1. The molecule has 0 aliphatic rings. The number of para-hydroxylation sites is 1. The zero-order valence-electron chi connectivity index (χ0n) is 17.5. The topological polar surface area (TPSA) is 75.0 Å². The first-order valence-electron chi connectivity index (χ1n) is 10.4. The van der Waals surface area contributed by atoms with E-state index in [1.165, 1.54) is 11.3 Å². The van der Waals surface area contributed by atoms with Crippen LogP contribution in [0.25, 0.3) is 16.8 Å². The number of unbranched alkanes of at least 4 members (excludes halogenated alkanes) is 3. The van der Waals surface area contributed by atoms with Gasteiger partial charge >= 0.3 is 5.97 Å². The first kappa shape index (κ1) is 22.3. The van der Waals surface area contributed by atoms with E-state index in [0.717, 1.165) is 36.9 Å². The molecule has 0 bridgehead atoms. The van der Waals surface area contributed by atoms with Crippen LogP contribution in [0.5, 0.6) is 0 Å². The van der Waals surface area contributed by atoms with Gasteiger partial charge in [0.15, 0.2) is 0 Å². The second-order valence-electron chi connectivity index (χ2n) is 6.96. The third-order valence-electron chi connectivity index (χ3n) is 4.67. The number of thiazole rings is 1. The molecule has 0 amide bonds. The number of aromatic nitrogens is 1. The van der Waals surface area contributed by atoms with Gasteiger partial charge in [-0.1, -0.05) is 68.7 Å². The summed E-state index contributed by atoms with van der Waals surface area (Å²) >= 11 is 1.41. The molecule has 0 atom stereocenters. The van der Waals surface area contributed by atoms with Gasteiger partial charge < -0.3 is 10.1 Å². The van der Waals surface area contributed by atoms with Gasteiger partial charge in [-0.2, -0.15) is 5.26 Å². The molecular weight excluding hydrogens is 406 g/mol. The van der Waals surface area contributed by atoms with Crippen LogP contribution >= 0.6 is 11.3 Å². The molecule has 0 spiro atoms. The average molecular weight is 432 g/mol. The van der Waals surface area contributed by atoms with Gasteiger partial charge in [0.05, 0.1) is 23.6 Å². The van der Waals surface area contributed by atoms with Crippen molar-refractivity contribution in [1.82, 2.24) is 4.98 Å². The maximum atomic E-state index is 12.5. The molecule has 1 heterocycles. The van der Waals surface area contributed by atoms with Crippen LogP contribution < -0.4 is 5.32 Å². The van der Waals surface area contributed by atoms with Gasteiger partial charge in [-0.3, -0.25) is 0 Å². The van der Waals surface area contributed by atoms with Crippen LogP contribution in [0.4, 0.5) is 5.69 Å². The Labute approximate surface area is 187 Å². The second kappa shape index (κ2) is 11.7. The summed E-state index contributed by atoms with van der Waals surface area (Å²) < 4.78 is 5.41. The smallest absolute Gasteiger partial charge is 0.340 e. The number of nitrogens with zero attached hydrogens (tertiary/aromatic N) is 2. The van der Waals surface area contributed by atoms with Crippen LogP contribution in [-0.2, 0) is 4.74 Å². The predicted molar refractivity (Wildman–Crippen MR) is 126 cm³/mol. The van der Waals surface area contributed by atoms with E-state index >= 15 is 0 Å². The highest BCUT2D eigenvalue weighted by atomic mass is 32.1. The summed E-state index contributed by atoms with van der Waals surface area (Å²) in [6.45, 7) is 2.55. The number of esters is 1. The van der Waals surface area contributed by atoms with Crippen molar-refractivity contribution < 1.29 is 9.53 Å². The molecule has 31 heavy (non-hydrogen) atoms. The number of carbonyl (C=O) groups excluding carboxylic acids is 1. The number of carbonyl (C=O) groups is 1. The fourth-order valence-electron chi connectivity index (χ4n) is 2.99. The van der Waals surface area contributed by atoms with E-state index in [4.69, 9.17) is 4.74 Å². The molecule has 6 heteroatoms. The summed E-state index contributed by atoms with van der Waals surface area (Å²) in [5, 5.41) is 15.3. The molecule has 3 aromatic rings. The maximum absolute atomic E-state index is 12.5. The van der Waals surface area contributed by atoms with Crippen molar-refractivity contribution in [3.8, 4) is 17.3 Å². The Morgan fingerprint density at radius 1 is 1.13 bits per heavy atom. The van der Waals surface area contributed by atoms with Crippen LogP contribution in [0, 0.1) is 11.3 Å². The van der Waals surface area contributed by atoms with E-state index in [1.807, 2.05) is 41.8 Å². The molecule has 3 rings (SSSR count). The van der Waals surface area contributed by atoms with Gasteiger partial charge in [-0.05, 0) is 18.6 Å². The molecule has 2 aromatic carbocycles. The molecule has 5 nitrogen and oxygen atoms in total. The minimum atomic E-state index is -0.368. The number of anilines is 1. The van der Waals surface area contributed by atoms with Crippen LogP contribution in [0.1, 0.15) is 48.0 Å². The summed E-state index contributed by atoms with van der Waals surface area (Å²) in [4.78, 5) is 17.1. The van der Waals surface area contributed by atoms with E-state index in [9.17, 15) is 10.1 Å². The number of allylic oxidation sites excluding steroid dienone is 1. The minimum absolute atomic E-state index is 0.368. The number of benzene rings is 2. The average Bonchev–Trinajstić information content (AvgIpc) is 3.30. The highest BCUT2D eigenvalue weighted by Crippen LogP contribution is 2.26. The number of hydrogen-bond acceptors (Lipinski definition) is 6. The van der Waals surface area contributed by atoms with Crippen molar-refractivity contribution in [1.29, 1.82) is 5.26 Å². The van der Waals surface area contributed by atoms with Gasteiger partial charge in [-0.25, -0.2) is 9.78 Å². The third-order valence-corrected chi connectivity index (χ3v) is 5.55. The van der Waals surface area contributed by atoms with Crippen molar-refractivity contribution in [2.24, 2.45) is 0 Å². The van der Waals surface area contributed by atoms with Crippen molar-refractivity contribution >= 4 is 28.6 Å². The molecule has 0 saturated heterocycles. The lowest BCUT2D eigenvalue weighted by molar-refractivity contribution is 0.0499. The number of nitrogens with one attached hydrogen (secondary N) is 1. The third kappa shape index (κ3) is 6.27. The van der Waals surface area contributed by atoms with Crippen LogP contribution in [0.15, 0.2) is 66.2 Å². The number of rotatable bonds is 10. The molecule has 1 aromatic heterocycles. The molecule has 158 valence electrons. The van der Waals surface area contributed by atoms with Crippen LogP contribution in [-0.4, -0.2) is 17.6 Å². The van der Waals surface area contributed by atoms with Crippen molar-refractivity contribution in [3.63, 3.8) is 0 Å². The lowest BCUT2D eigenvalue weighted by atomic mass is 10.1. The standard InChI is InChI=1S/C25H25N3O2S/c1-2-3-4-10-15-30-25(29)21-13-8-9-14-22(21)27-17-20(16-26)24-28-23(18-31-24)19-11-6-5-7-12-19/h5-9,11-14,17-18,27H,2-4,10,15H2,1H3/b20-17+. The van der Waals surface area contributed by atoms with E-state index in [2.05, 4.69) is 23.3 Å². The quantitative estimate of drug-likeness (QED) is 0.225. The van der Waals surface area contributed by atoms with Crippen LogP contribution in [0.2, 0.25) is 0 Å². The SMILES string of the molecule is CCCCCCOC(=O)c1ccccc1N/C=C(\C#N)c1nc(-c2ccccc2)cs1. The van der Waals surface area contributed by atoms with Gasteiger partial charge in [-0.15, -0.1) is 11.3 Å². The second-order valence-corrected chi connectivity index (χ2v) is 7.82. The Morgan fingerprint density at radius 3 is 2.68 bits per heavy atom. The van der Waals surface area contributed by atoms with Gasteiger partial charge in [0, 0.05) is 17.1 Å². The van der Waals surface area contributed by atoms with E-state index in [1.54, 1.807) is 24.4 Å². The lowest BCUT2D eigenvalue weighted by Crippen LogP contribution is -2.09. The van der Waals surface area contributed by atoms with Crippen LogP contribution in [0.3, 0.4) is 0 Å². The predicted octanol–water partition coefficient (Wildman–Crippen LogP) is 6.52. The largest absolute Gasteiger partial charge is 0.462 e. The molecule has 1 N–H and O–H groups in total. The fourth-order valence-corrected chi connectivity index (χ4v) is 3.78. The first-order chi connectivity index (χ1) is 15.2. The maximum Gasteiger partial charge on any atom is 0.340 e. The monoisotopic (exact) mass is 431 g/mol. The Morgan fingerprint density at radius 2 is 1.90 bits per heavy atom. The van der Waals surface area contributed by atoms with E-state index in [-0.39, 0.29) is 5.97 Å². The minimum Gasteiger partial charge on any atom is -0.462 e. The highest BCUT2D eigenvalue weighted by Gasteiger charge is 2.13. The molecule has 0 aliphatic heterocycles. The summed E-state index contributed by atoms with van der Waals surface area (Å²) in [5.41, 5.74) is 3.26. The van der Waals surface area contributed by atoms with E-state index < -0.39 is 0 Å². The summed E-state index contributed by atoms with van der Waals surface area (Å²) in [6, 6.07) is 19.1. The lowest BCUT2D eigenvalue weighted by Gasteiger charge is -2.09. The Bertz CT molecular complexity index is 1070. The van der Waals surface area contributed by atoms with E-state index in [0.29, 0.717) is 28.4 Å². The fraction of sp³-hybridized carbons (Fsp3) is 0.240. The molecule has 0 unspecified atom stereocenters.